The fraction of sp³-hybridized carbons (Fsp3) is 0.333. The second-order valence-corrected chi connectivity index (χ2v) is 3.85. The minimum absolute atomic E-state index is 0.531. The number of benzene rings is 1. The van der Waals surface area contributed by atoms with E-state index in [1.807, 2.05) is 0 Å². The van der Waals surface area contributed by atoms with Crippen LogP contribution in [0.5, 0.6) is 0 Å². The largest absolute Gasteiger partial charge is 0.384 e. The minimum Gasteiger partial charge on any atom is -0.384 e. The van der Waals surface area contributed by atoms with Gasteiger partial charge in [0, 0.05) is 25.3 Å². The number of hydrogen-bond acceptors (Lipinski definition) is 3. The van der Waals surface area contributed by atoms with E-state index in [9.17, 15) is 9.59 Å². The third-order valence-electron chi connectivity index (χ3n) is 2.63. The molecule has 90 valence electrons. The van der Waals surface area contributed by atoms with Gasteiger partial charge in [0.1, 0.15) is 0 Å². The van der Waals surface area contributed by atoms with Crippen LogP contribution in [-0.4, -0.2) is 31.4 Å². The van der Waals surface area contributed by atoms with E-state index in [1.165, 1.54) is 17.7 Å². The third kappa shape index (κ3) is 2.96. The molecule has 0 aromatic heterocycles. The van der Waals surface area contributed by atoms with Crippen molar-refractivity contribution < 1.29 is 9.59 Å². The van der Waals surface area contributed by atoms with Gasteiger partial charge in [-0.2, -0.15) is 0 Å². The predicted octanol–water partition coefficient (Wildman–Crippen LogP) is -0.113. The van der Waals surface area contributed by atoms with Crippen LogP contribution in [0.15, 0.2) is 24.3 Å². The summed E-state index contributed by atoms with van der Waals surface area (Å²) in [5, 5.41) is 8.06. The summed E-state index contributed by atoms with van der Waals surface area (Å²) < 4.78 is 0. The van der Waals surface area contributed by atoms with Gasteiger partial charge in [-0.05, 0) is 18.1 Å². The SMILES string of the molecule is O=C1NCCNC1=O.c1ccc2c(c1)CCN2. The van der Waals surface area contributed by atoms with E-state index in [-0.39, 0.29) is 0 Å². The van der Waals surface area contributed by atoms with Gasteiger partial charge in [-0.1, -0.05) is 18.2 Å². The Morgan fingerprint density at radius 1 is 0.824 bits per heavy atom. The molecule has 3 rings (SSSR count). The number of hydrogen-bond donors (Lipinski definition) is 3. The molecule has 17 heavy (non-hydrogen) atoms. The molecule has 0 bridgehead atoms. The first-order chi connectivity index (χ1) is 8.27. The lowest BCUT2D eigenvalue weighted by Crippen LogP contribution is -2.49. The zero-order valence-corrected chi connectivity index (χ0v) is 9.45. The Bertz CT molecular complexity index is 393. The number of piperazine rings is 1. The molecule has 0 aliphatic carbocycles. The van der Waals surface area contributed by atoms with Crippen molar-refractivity contribution in [2.24, 2.45) is 0 Å². The van der Waals surface area contributed by atoms with E-state index in [0.717, 1.165) is 6.54 Å². The first-order valence-corrected chi connectivity index (χ1v) is 5.65. The molecule has 0 spiro atoms. The molecule has 3 N–H and O–H groups in total. The molecule has 2 amide bonds. The van der Waals surface area contributed by atoms with E-state index in [0.29, 0.717) is 13.1 Å². The summed E-state index contributed by atoms with van der Waals surface area (Å²) in [6.45, 7) is 2.20. The Labute approximate surface area is 99.6 Å². The number of fused-ring (bicyclic) bond motifs is 1. The number of carbonyl (C=O) groups is 2. The highest BCUT2D eigenvalue weighted by Crippen LogP contribution is 2.19. The van der Waals surface area contributed by atoms with Gasteiger partial charge in [-0.3, -0.25) is 9.59 Å². The average Bonchev–Trinajstić information content (AvgIpc) is 2.82. The lowest BCUT2D eigenvalue weighted by Gasteiger charge is -2.10. The van der Waals surface area contributed by atoms with Gasteiger partial charge >= 0.3 is 11.8 Å². The summed E-state index contributed by atoms with van der Waals surface area (Å²) in [4.78, 5) is 20.5. The average molecular weight is 233 g/mol. The number of rotatable bonds is 0. The Morgan fingerprint density at radius 3 is 2.06 bits per heavy atom. The lowest BCUT2D eigenvalue weighted by molar-refractivity contribution is -0.140. The Balaban J connectivity index is 0.000000128. The van der Waals surface area contributed by atoms with Gasteiger partial charge in [-0.25, -0.2) is 0 Å². The standard InChI is InChI=1S/C8H9N.C4H6N2O2/c1-2-4-8-7(3-1)5-6-9-8;7-3-4(8)6-2-1-5-3/h1-4,9H,5-6H2;1-2H2,(H,5,7)(H,6,8). The first-order valence-electron chi connectivity index (χ1n) is 5.65. The molecular formula is C12H15N3O2. The molecule has 2 aliphatic rings. The molecule has 0 radical (unpaired) electrons. The van der Waals surface area contributed by atoms with Gasteiger partial charge in [0.05, 0.1) is 0 Å². The quantitative estimate of drug-likeness (QED) is 0.547. The zero-order valence-electron chi connectivity index (χ0n) is 9.45. The monoisotopic (exact) mass is 233 g/mol. The summed E-state index contributed by atoms with van der Waals surface area (Å²) in [5.41, 5.74) is 2.77. The summed E-state index contributed by atoms with van der Waals surface area (Å²) >= 11 is 0. The summed E-state index contributed by atoms with van der Waals surface area (Å²) in [7, 11) is 0. The number of anilines is 1. The Hall–Kier alpha value is -2.04. The fourth-order valence-corrected chi connectivity index (χ4v) is 1.76. The van der Waals surface area contributed by atoms with Crippen molar-refractivity contribution in [3.63, 3.8) is 0 Å². The molecule has 0 atom stereocenters. The summed E-state index contributed by atoms with van der Waals surface area (Å²) in [6, 6.07) is 8.46. The fourth-order valence-electron chi connectivity index (χ4n) is 1.76. The Morgan fingerprint density at radius 2 is 1.47 bits per heavy atom. The topological polar surface area (TPSA) is 70.2 Å². The molecule has 5 nitrogen and oxygen atoms in total. The second kappa shape index (κ2) is 5.34. The van der Waals surface area contributed by atoms with Crippen LogP contribution in [0.3, 0.4) is 0 Å². The minimum atomic E-state index is -0.531. The highest BCUT2D eigenvalue weighted by Gasteiger charge is 2.15. The van der Waals surface area contributed by atoms with Crippen LogP contribution in [0.25, 0.3) is 0 Å². The molecule has 1 aromatic rings. The summed E-state index contributed by atoms with van der Waals surface area (Å²) in [5.74, 6) is -1.06. The smallest absolute Gasteiger partial charge is 0.309 e. The normalized spacial score (nSPS) is 16.9. The van der Waals surface area contributed by atoms with Crippen LogP contribution in [0.2, 0.25) is 0 Å². The van der Waals surface area contributed by atoms with Crippen LogP contribution in [0, 0.1) is 0 Å². The van der Waals surface area contributed by atoms with Crippen molar-refractivity contribution in [1.29, 1.82) is 0 Å². The van der Waals surface area contributed by atoms with Gasteiger partial charge in [0.2, 0.25) is 0 Å². The highest BCUT2D eigenvalue weighted by atomic mass is 16.2. The van der Waals surface area contributed by atoms with Crippen LogP contribution in [0.4, 0.5) is 5.69 Å². The number of carbonyl (C=O) groups excluding carboxylic acids is 2. The van der Waals surface area contributed by atoms with Crippen molar-refractivity contribution in [1.82, 2.24) is 10.6 Å². The van der Waals surface area contributed by atoms with Crippen molar-refractivity contribution in [3.05, 3.63) is 29.8 Å². The molecule has 5 heteroatoms. The van der Waals surface area contributed by atoms with E-state index in [2.05, 4.69) is 40.2 Å². The van der Waals surface area contributed by atoms with Crippen LogP contribution in [-0.2, 0) is 16.0 Å². The Kier molecular flexibility index (Phi) is 3.59. The van der Waals surface area contributed by atoms with Gasteiger partial charge in [-0.15, -0.1) is 0 Å². The maximum atomic E-state index is 10.3. The molecule has 0 saturated carbocycles. The van der Waals surface area contributed by atoms with E-state index in [4.69, 9.17) is 0 Å². The zero-order chi connectivity index (χ0) is 12.1. The van der Waals surface area contributed by atoms with Gasteiger partial charge < -0.3 is 16.0 Å². The predicted molar refractivity (Wildman–Crippen MR) is 64.7 cm³/mol. The molecule has 0 unspecified atom stereocenters. The van der Waals surface area contributed by atoms with Crippen molar-refractivity contribution >= 4 is 17.5 Å². The van der Waals surface area contributed by atoms with Gasteiger partial charge in [0.25, 0.3) is 0 Å². The van der Waals surface area contributed by atoms with E-state index < -0.39 is 11.8 Å². The van der Waals surface area contributed by atoms with Crippen LogP contribution >= 0.6 is 0 Å². The van der Waals surface area contributed by atoms with E-state index >= 15 is 0 Å². The first kappa shape index (κ1) is 11.4. The van der Waals surface area contributed by atoms with Crippen LogP contribution < -0.4 is 16.0 Å². The van der Waals surface area contributed by atoms with Crippen LogP contribution in [0.1, 0.15) is 5.56 Å². The molecule has 1 aromatic carbocycles. The van der Waals surface area contributed by atoms with Crippen molar-refractivity contribution in [2.45, 2.75) is 6.42 Å². The molecular weight excluding hydrogens is 218 g/mol. The number of amides is 2. The number of nitrogens with one attached hydrogen (secondary N) is 3. The molecule has 2 heterocycles. The van der Waals surface area contributed by atoms with Crippen molar-refractivity contribution in [2.75, 3.05) is 25.0 Å². The highest BCUT2D eigenvalue weighted by molar-refractivity contribution is 6.35. The third-order valence-corrected chi connectivity index (χ3v) is 2.63. The van der Waals surface area contributed by atoms with Gasteiger partial charge in [0.15, 0.2) is 0 Å². The maximum absolute atomic E-state index is 10.3. The summed E-state index contributed by atoms with van der Waals surface area (Å²) in [6.07, 6.45) is 1.19. The molecule has 1 saturated heterocycles. The molecule has 1 fully saturated rings. The lowest BCUT2D eigenvalue weighted by atomic mass is 10.2. The number of para-hydroxylation sites is 1. The van der Waals surface area contributed by atoms with Crippen molar-refractivity contribution in [3.8, 4) is 0 Å². The molecule has 2 aliphatic heterocycles. The van der Waals surface area contributed by atoms with E-state index in [1.54, 1.807) is 0 Å². The maximum Gasteiger partial charge on any atom is 0.309 e. The second-order valence-electron chi connectivity index (χ2n) is 3.85.